The lowest BCUT2D eigenvalue weighted by Crippen LogP contribution is -2.36. The number of ether oxygens (including phenoxy) is 2. The lowest BCUT2D eigenvalue weighted by molar-refractivity contribution is -0.146. The van der Waals surface area contributed by atoms with Gasteiger partial charge in [0.2, 0.25) is 0 Å². The quantitative estimate of drug-likeness (QED) is 0.216. The highest BCUT2D eigenvalue weighted by atomic mass is 16.5. The van der Waals surface area contributed by atoms with Crippen LogP contribution in [-0.2, 0) is 19.9 Å². The molecule has 0 aromatic heterocycles. The van der Waals surface area contributed by atoms with Crippen LogP contribution in [0.1, 0.15) is 49.3 Å². The van der Waals surface area contributed by atoms with Crippen molar-refractivity contribution in [2.75, 3.05) is 13.2 Å². The van der Waals surface area contributed by atoms with E-state index in [1.54, 1.807) is 0 Å². The Morgan fingerprint density at radius 1 is 0.794 bits per heavy atom. The van der Waals surface area contributed by atoms with Crippen molar-refractivity contribution in [2.45, 2.75) is 50.4 Å². The first-order chi connectivity index (χ1) is 16.6. The minimum absolute atomic E-state index is 0.0112. The Balaban J connectivity index is 1.80. The van der Waals surface area contributed by atoms with Gasteiger partial charge in [-0.15, -0.1) is 0 Å². The fourth-order valence-electron chi connectivity index (χ4n) is 4.04. The van der Waals surface area contributed by atoms with E-state index in [1.165, 1.54) is 0 Å². The molecule has 0 radical (unpaired) electrons. The van der Waals surface area contributed by atoms with Crippen molar-refractivity contribution in [1.82, 2.24) is 0 Å². The molecule has 180 valence electrons. The molecule has 0 aliphatic rings. The summed E-state index contributed by atoms with van der Waals surface area (Å²) in [6.45, 7) is 2.33. The van der Waals surface area contributed by atoms with Crippen molar-refractivity contribution in [2.24, 2.45) is 0 Å². The number of aliphatic hydroxyl groups excluding tert-OH is 2. The van der Waals surface area contributed by atoms with Gasteiger partial charge in [-0.05, 0) is 23.1 Å². The molecule has 5 nitrogen and oxygen atoms in total. The van der Waals surface area contributed by atoms with Gasteiger partial charge in [-0.2, -0.15) is 0 Å². The van der Waals surface area contributed by atoms with Crippen molar-refractivity contribution >= 4 is 5.97 Å². The van der Waals surface area contributed by atoms with Gasteiger partial charge in [-0.3, -0.25) is 4.79 Å². The van der Waals surface area contributed by atoms with E-state index in [1.807, 2.05) is 97.9 Å². The van der Waals surface area contributed by atoms with Crippen LogP contribution in [0.2, 0.25) is 0 Å². The Bertz CT molecular complexity index is 879. The maximum atomic E-state index is 11.9. The molecule has 2 atom stereocenters. The summed E-state index contributed by atoms with van der Waals surface area (Å²) in [4.78, 5) is 11.9. The molecule has 0 bridgehead atoms. The number of carbonyl (C=O) groups excluding carboxylic acids is 1. The van der Waals surface area contributed by atoms with E-state index in [0.717, 1.165) is 29.5 Å². The molecule has 0 aliphatic heterocycles. The average Bonchev–Trinajstić information content (AvgIpc) is 2.86. The third kappa shape index (κ3) is 6.76. The van der Waals surface area contributed by atoms with E-state index in [2.05, 4.69) is 0 Å². The molecule has 34 heavy (non-hydrogen) atoms. The van der Waals surface area contributed by atoms with Crippen molar-refractivity contribution in [3.63, 3.8) is 0 Å². The van der Waals surface area contributed by atoms with Crippen LogP contribution in [-0.4, -0.2) is 41.6 Å². The molecular weight excluding hydrogens is 428 g/mol. The number of rotatable bonds is 13. The van der Waals surface area contributed by atoms with Crippen molar-refractivity contribution in [3.05, 3.63) is 108 Å². The SMILES string of the molecule is CCCCOC(=O)CC(O)CC(O)COC(c1ccccc1)(c1ccccc1)c1ccccc1. The summed E-state index contributed by atoms with van der Waals surface area (Å²) in [6.07, 6.45) is -0.392. The molecule has 0 fully saturated rings. The largest absolute Gasteiger partial charge is 0.466 e. The highest BCUT2D eigenvalue weighted by Crippen LogP contribution is 2.40. The summed E-state index contributed by atoms with van der Waals surface area (Å²) < 4.78 is 11.7. The van der Waals surface area contributed by atoms with E-state index < -0.39 is 23.8 Å². The number of hydrogen-bond donors (Lipinski definition) is 2. The number of benzene rings is 3. The highest BCUT2D eigenvalue weighted by molar-refractivity contribution is 5.69. The highest BCUT2D eigenvalue weighted by Gasteiger charge is 2.38. The van der Waals surface area contributed by atoms with E-state index in [0.29, 0.717) is 6.61 Å². The van der Waals surface area contributed by atoms with Gasteiger partial charge < -0.3 is 19.7 Å². The van der Waals surface area contributed by atoms with Gasteiger partial charge >= 0.3 is 5.97 Å². The molecule has 0 saturated heterocycles. The Kier molecular flexibility index (Phi) is 9.83. The van der Waals surface area contributed by atoms with Gasteiger partial charge in [0.15, 0.2) is 0 Å². The normalized spacial score (nSPS) is 13.3. The Morgan fingerprint density at radius 3 is 1.71 bits per heavy atom. The Hall–Kier alpha value is -2.99. The zero-order chi connectivity index (χ0) is 24.2. The maximum absolute atomic E-state index is 11.9. The molecule has 3 aromatic rings. The Labute approximate surface area is 202 Å². The smallest absolute Gasteiger partial charge is 0.308 e. The molecule has 2 N–H and O–H groups in total. The molecular formula is C29H34O5. The third-order valence-electron chi connectivity index (χ3n) is 5.74. The van der Waals surface area contributed by atoms with Gasteiger partial charge in [-0.25, -0.2) is 0 Å². The zero-order valence-corrected chi connectivity index (χ0v) is 19.7. The first-order valence-corrected chi connectivity index (χ1v) is 11.9. The van der Waals surface area contributed by atoms with Crippen LogP contribution in [0.3, 0.4) is 0 Å². The summed E-state index contributed by atoms with van der Waals surface area (Å²) in [5.74, 6) is -0.457. The first kappa shape index (κ1) is 25.6. The number of unbranched alkanes of at least 4 members (excludes halogenated alkanes) is 1. The minimum Gasteiger partial charge on any atom is -0.466 e. The number of carbonyl (C=O) groups is 1. The lowest BCUT2D eigenvalue weighted by atomic mass is 9.80. The van der Waals surface area contributed by atoms with E-state index in [-0.39, 0.29) is 19.4 Å². The number of hydrogen-bond acceptors (Lipinski definition) is 5. The summed E-state index contributed by atoms with van der Waals surface area (Å²) in [6, 6.07) is 29.7. The maximum Gasteiger partial charge on any atom is 0.308 e. The fraction of sp³-hybridized carbons (Fsp3) is 0.345. The molecule has 0 amide bonds. The monoisotopic (exact) mass is 462 g/mol. The van der Waals surface area contributed by atoms with Crippen molar-refractivity contribution in [1.29, 1.82) is 0 Å². The summed E-state index contributed by atoms with van der Waals surface area (Å²) >= 11 is 0. The van der Waals surface area contributed by atoms with E-state index >= 15 is 0 Å². The van der Waals surface area contributed by atoms with Gasteiger partial charge in [0.1, 0.15) is 5.60 Å². The second-order valence-corrected chi connectivity index (χ2v) is 8.41. The predicted octanol–water partition coefficient (Wildman–Crippen LogP) is 4.84. The molecule has 5 heteroatoms. The van der Waals surface area contributed by atoms with Gasteiger partial charge in [0, 0.05) is 6.42 Å². The second-order valence-electron chi connectivity index (χ2n) is 8.41. The fourth-order valence-corrected chi connectivity index (χ4v) is 4.04. The van der Waals surface area contributed by atoms with E-state index in [4.69, 9.17) is 9.47 Å². The van der Waals surface area contributed by atoms with Crippen LogP contribution >= 0.6 is 0 Å². The molecule has 3 aromatic carbocycles. The van der Waals surface area contributed by atoms with Gasteiger partial charge in [0.05, 0.1) is 31.8 Å². The lowest BCUT2D eigenvalue weighted by Gasteiger charge is -2.36. The standard InChI is InChI=1S/C29H34O5/c1-2-3-19-33-28(32)21-26(30)20-27(31)22-34-29(23-13-7-4-8-14-23,24-15-9-5-10-16-24)25-17-11-6-12-18-25/h4-18,26-27,30-31H,2-3,19-22H2,1H3. The Morgan fingerprint density at radius 2 is 1.26 bits per heavy atom. The van der Waals surface area contributed by atoms with Crippen LogP contribution in [0, 0.1) is 0 Å². The number of aliphatic hydroxyl groups is 2. The summed E-state index contributed by atoms with van der Waals surface area (Å²) in [5.41, 5.74) is 1.84. The van der Waals surface area contributed by atoms with E-state index in [9.17, 15) is 15.0 Å². The van der Waals surface area contributed by atoms with Crippen LogP contribution in [0.4, 0.5) is 0 Å². The first-order valence-electron chi connectivity index (χ1n) is 11.9. The minimum atomic E-state index is -1.01. The van der Waals surface area contributed by atoms with Crippen LogP contribution < -0.4 is 0 Å². The second kappa shape index (κ2) is 13.0. The van der Waals surface area contributed by atoms with Crippen molar-refractivity contribution < 1.29 is 24.5 Å². The van der Waals surface area contributed by atoms with Crippen molar-refractivity contribution in [3.8, 4) is 0 Å². The topological polar surface area (TPSA) is 76.0 Å². The molecule has 2 unspecified atom stereocenters. The third-order valence-corrected chi connectivity index (χ3v) is 5.74. The summed E-state index contributed by atoms with van der Waals surface area (Å²) in [7, 11) is 0. The van der Waals surface area contributed by atoms with Crippen LogP contribution in [0.5, 0.6) is 0 Å². The number of esters is 1. The molecule has 0 saturated carbocycles. The average molecular weight is 463 g/mol. The predicted molar refractivity (Wildman–Crippen MR) is 132 cm³/mol. The molecule has 0 heterocycles. The molecule has 0 spiro atoms. The molecule has 0 aliphatic carbocycles. The van der Waals surface area contributed by atoms with Crippen LogP contribution in [0.25, 0.3) is 0 Å². The zero-order valence-electron chi connectivity index (χ0n) is 19.7. The van der Waals surface area contributed by atoms with Gasteiger partial charge in [-0.1, -0.05) is 104 Å². The molecule has 3 rings (SSSR count). The summed E-state index contributed by atoms with van der Waals surface area (Å²) in [5, 5.41) is 21.0. The van der Waals surface area contributed by atoms with Crippen LogP contribution in [0.15, 0.2) is 91.0 Å². The van der Waals surface area contributed by atoms with Gasteiger partial charge in [0.25, 0.3) is 0 Å².